The van der Waals surface area contributed by atoms with Crippen molar-refractivity contribution < 1.29 is 0 Å². The van der Waals surface area contributed by atoms with Crippen molar-refractivity contribution in [3.05, 3.63) is 37.1 Å². The van der Waals surface area contributed by atoms with E-state index in [-0.39, 0.29) is 0 Å². The molecule has 3 rings (SSSR count). The first-order valence-electron chi connectivity index (χ1n) is 6.61. The van der Waals surface area contributed by atoms with E-state index in [0.717, 1.165) is 35.5 Å². The molecule has 102 valence electrons. The zero-order valence-electron chi connectivity index (χ0n) is 11.6. The van der Waals surface area contributed by atoms with E-state index in [0.29, 0.717) is 0 Å². The summed E-state index contributed by atoms with van der Waals surface area (Å²) in [5.74, 6) is 0.838. The Balaban J connectivity index is 2.23. The average Bonchev–Trinajstić information content (AvgIpc) is 2.88. The molecule has 0 amide bonds. The molecule has 0 fully saturated rings. The van der Waals surface area contributed by atoms with Gasteiger partial charge in [0.2, 0.25) is 0 Å². The summed E-state index contributed by atoms with van der Waals surface area (Å²) in [5, 5.41) is 2.12. The predicted octanol–water partition coefficient (Wildman–Crippen LogP) is 1.87. The molecule has 3 heterocycles. The fourth-order valence-electron chi connectivity index (χ4n) is 2.25. The third kappa shape index (κ3) is 2.09. The van der Waals surface area contributed by atoms with Gasteiger partial charge in [-0.1, -0.05) is 6.92 Å². The minimum Gasteiger partial charge on any atom is -0.312 e. The maximum absolute atomic E-state index is 4.64. The Bertz CT molecular complexity index is 706. The van der Waals surface area contributed by atoms with Gasteiger partial charge in [0.1, 0.15) is 11.8 Å². The Hall–Kier alpha value is -2.50. The first-order valence-corrected chi connectivity index (χ1v) is 6.61. The molecular formula is C14H16N6. The topological polar surface area (TPSA) is 59.7 Å². The lowest BCUT2D eigenvalue weighted by molar-refractivity contribution is 0.654. The summed E-state index contributed by atoms with van der Waals surface area (Å²) < 4.78 is 2.03. The highest BCUT2D eigenvalue weighted by Crippen LogP contribution is 2.22. The molecule has 3 aromatic rings. The van der Waals surface area contributed by atoms with Crippen LogP contribution in [0.25, 0.3) is 22.6 Å². The Kier molecular flexibility index (Phi) is 3.28. The molecule has 6 nitrogen and oxygen atoms in total. The van der Waals surface area contributed by atoms with Crippen molar-refractivity contribution >= 4 is 11.2 Å². The summed E-state index contributed by atoms with van der Waals surface area (Å²) in [7, 11) is 2.03. The maximum Gasteiger partial charge on any atom is 0.182 e. The minimum absolute atomic E-state index is 0.786. The molecule has 0 saturated heterocycles. The molecule has 20 heavy (non-hydrogen) atoms. The average molecular weight is 268 g/mol. The van der Waals surface area contributed by atoms with Crippen LogP contribution in [-0.2, 0) is 0 Å². The van der Waals surface area contributed by atoms with Crippen molar-refractivity contribution in [1.29, 1.82) is 0 Å². The largest absolute Gasteiger partial charge is 0.312 e. The summed E-state index contributed by atoms with van der Waals surface area (Å²) >= 11 is 0. The predicted molar refractivity (Wildman–Crippen MR) is 77.9 cm³/mol. The van der Waals surface area contributed by atoms with Gasteiger partial charge in [-0.25, -0.2) is 19.6 Å². The molecule has 0 atom stereocenters. The van der Waals surface area contributed by atoms with Crippen LogP contribution in [0.5, 0.6) is 0 Å². The van der Waals surface area contributed by atoms with Crippen LogP contribution in [0.2, 0.25) is 0 Å². The molecule has 0 spiro atoms. The lowest BCUT2D eigenvalue weighted by Gasteiger charge is -2.22. The quantitative estimate of drug-likeness (QED) is 0.723. The van der Waals surface area contributed by atoms with Gasteiger partial charge in [0.15, 0.2) is 11.5 Å². The van der Waals surface area contributed by atoms with Gasteiger partial charge in [0.25, 0.3) is 0 Å². The smallest absolute Gasteiger partial charge is 0.182 e. The van der Waals surface area contributed by atoms with Gasteiger partial charge in [-0.15, -0.1) is 0 Å². The second kappa shape index (κ2) is 5.24. The van der Waals surface area contributed by atoms with E-state index >= 15 is 0 Å². The first kappa shape index (κ1) is 12.5. The van der Waals surface area contributed by atoms with Crippen molar-refractivity contribution in [2.45, 2.75) is 13.3 Å². The molecule has 6 heteroatoms. The highest BCUT2D eigenvalue weighted by atomic mass is 15.6. The molecule has 0 N–H and O–H groups in total. The van der Waals surface area contributed by atoms with E-state index in [2.05, 4.69) is 31.9 Å². The van der Waals surface area contributed by atoms with E-state index in [4.69, 9.17) is 0 Å². The molecule has 0 aliphatic rings. The molecular weight excluding hydrogens is 252 g/mol. The van der Waals surface area contributed by atoms with Gasteiger partial charge in [0, 0.05) is 31.5 Å². The van der Waals surface area contributed by atoms with Crippen LogP contribution in [0.3, 0.4) is 0 Å². The van der Waals surface area contributed by atoms with Crippen molar-refractivity contribution in [2.24, 2.45) is 0 Å². The first-order chi connectivity index (χ1) is 9.81. The Morgan fingerprint density at radius 3 is 2.90 bits per heavy atom. The van der Waals surface area contributed by atoms with Gasteiger partial charge >= 0.3 is 0 Å². The Morgan fingerprint density at radius 1 is 1.25 bits per heavy atom. The van der Waals surface area contributed by atoms with Crippen molar-refractivity contribution in [1.82, 2.24) is 24.6 Å². The molecule has 0 aromatic carbocycles. The number of rotatable bonds is 4. The third-order valence-electron chi connectivity index (χ3n) is 3.11. The Labute approximate surface area is 117 Å². The van der Waals surface area contributed by atoms with E-state index in [1.807, 2.05) is 30.1 Å². The molecule has 0 aliphatic heterocycles. The van der Waals surface area contributed by atoms with Gasteiger partial charge in [-0.3, -0.25) is 4.98 Å². The SMILES string of the molecule is CCCN(C)n1c(-c2cccnc2)nc2cncnc21. The second-order valence-electron chi connectivity index (χ2n) is 4.60. The second-order valence-corrected chi connectivity index (χ2v) is 4.60. The van der Waals surface area contributed by atoms with Crippen molar-refractivity contribution in [2.75, 3.05) is 18.6 Å². The number of fused-ring (bicyclic) bond motifs is 1. The van der Waals surface area contributed by atoms with Crippen LogP contribution in [-0.4, -0.2) is 38.2 Å². The summed E-state index contributed by atoms with van der Waals surface area (Å²) in [6.07, 6.45) is 7.90. The van der Waals surface area contributed by atoms with Crippen LogP contribution < -0.4 is 5.01 Å². The molecule has 0 saturated carbocycles. The van der Waals surface area contributed by atoms with E-state index in [1.165, 1.54) is 0 Å². The monoisotopic (exact) mass is 268 g/mol. The van der Waals surface area contributed by atoms with E-state index in [9.17, 15) is 0 Å². The molecule has 0 aliphatic carbocycles. The zero-order valence-corrected chi connectivity index (χ0v) is 11.6. The van der Waals surface area contributed by atoms with Crippen LogP contribution in [0.4, 0.5) is 0 Å². The summed E-state index contributed by atoms with van der Waals surface area (Å²) in [4.78, 5) is 17.2. The summed E-state index contributed by atoms with van der Waals surface area (Å²) in [6.45, 7) is 3.07. The lowest BCUT2D eigenvalue weighted by Crippen LogP contribution is -2.31. The molecule has 3 aromatic heterocycles. The highest BCUT2D eigenvalue weighted by Gasteiger charge is 2.16. The van der Waals surface area contributed by atoms with E-state index < -0.39 is 0 Å². The summed E-state index contributed by atoms with van der Waals surface area (Å²) in [6, 6.07) is 3.91. The minimum atomic E-state index is 0.786. The number of nitrogens with zero attached hydrogens (tertiary/aromatic N) is 6. The zero-order chi connectivity index (χ0) is 13.9. The van der Waals surface area contributed by atoms with E-state index in [1.54, 1.807) is 18.7 Å². The molecule has 0 bridgehead atoms. The number of imidazole rings is 1. The maximum atomic E-state index is 4.64. The van der Waals surface area contributed by atoms with Crippen LogP contribution >= 0.6 is 0 Å². The number of hydrogen-bond donors (Lipinski definition) is 0. The van der Waals surface area contributed by atoms with Gasteiger partial charge < -0.3 is 5.01 Å². The Morgan fingerprint density at radius 2 is 2.15 bits per heavy atom. The van der Waals surface area contributed by atoms with Crippen molar-refractivity contribution in [3.63, 3.8) is 0 Å². The van der Waals surface area contributed by atoms with Gasteiger partial charge in [-0.2, -0.15) is 0 Å². The van der Waals surface area contributed by atoms with Crippen LogP contribution in [0, 0.1) is 0 Å². The third-order valence-corrected chi connectivity index (χ3v) is 3.11. The molecule has 0 unspecified atom stereocenters. The molecule has 0 radical (unpaired) electrons. The normalized spacial score (nSPS) is 10.9. The number of aromatic nitrogens is 5. The fourth-order valence-corrected chi connectivity index (χ4v) is 2.25. The van der Waals surface area contributed by atoms with Crippen LogP contribution in [0.1, 0.15) is 13.3 Å². The van der Waals surface area contributed by atoms with Gasteiger partial charge in [0.05, 0.1) is 6.20 Å². The summed E-state index contributed by atoms with van der Waals surface area (Å²) in [5.41, 5.74) is 2.57. The lowest BCUT2D eigenvalue weighted by atomic mass is 10.3. The number of hydrogen-bond acceptors (Lipinski definition) is 5. The standard InChI is InChI=1S/C14H16N6/c1-3-7-19(2)20-13(11-5-4-6-15-8-11)18-12-9-16-10-17-14(12)20/h4-6,8-10H,3,7H2,1-2H3. The number of pyridine rings is 1. The van der Waals surface area contributed by atoms with Gasteiger partial charge in [-0.05, 0) is 18.6 Å². The fraction of sp³-hybridized carbons (Fsp3) is 0.286. The van der Waals surface area contributed by atoms with Crippen molar-refractivity contribution in [3.8, 4) is 11.4 Å². The van der Waals surface area contributed by atoms with Crippen LogP contribution in [0.15, 0.2) is 37.1 Å². The highest BCUT2D eigenvalue weighted by molar-refractivity contribution is 5.76.